The Kier molecular flexibility index (Phi) is 3.26. The molecule has 0 radical (unpaired) electrons. The second-order valence-corrected chi connectivity index (χ2v) is 3.46. The maximum absolute atomic E-state index is 12.2. The van der Waals surface area contributed by atoms with E-state index in [1.807, 2.05) is 0 Å². The number of alkyl halides is 2. The van der Waals surface area contributed by atoms with Crippen LogP contribution in [0.15, 0.2) is 10.7 Å². The van der Waals surface area contributed by atoms with Gasteiger partial charge in [0.1, 0.15) is 9.76 Å². The normalized spacial score (nSPS) is 10.8. The molecule has 1 rings (SSSR count). The first-order chi connectivity index (χ1) is 5.52. The van der Waals surface area contributed by atoms with Crippen molar-refractivity contribution in [1.82, 2.24) is 4.98 Å². The smallest absolute Gasteiger partial charge is 0.228 e. The summed E-state index contributed by atoms with van der Waals surface area (Å²) in [5, 5.41) is -0.115. The lowest BCUT2D eigenvalue weighted by Gasteiger charge is -2.04. The number of pyridine rings is 1. The van der Waals surface area contributed by atoms with Crippen LogP contribution in [0, 0.1) is 0 Å². The van der Waals surface area contributed by atoms with Crippen LogP contribution in [0.2, 0.25) is 10.2 Å². The number of hydrogen-bond donors (Lipinski definition) is 0. The van der Waals surface area contributed by atoms with Crippen molar-refractivity contribution >= 4 is 39.1 Å². The molecule has 66 valence electrons. The van der Waals surface area contributed by atoms with E-state index in [1.165, 1.54) is 0 Å². The summed E-state index contributed by atoms with van der Waals surface area (Å²) in [7, 11) is 0. The summed E-state index contributed by atoms with van der Waals surface area (Å²) in [6.45, 7) is 0. The average Bonchev–Trinajstić information content (AvgIpc) is 1.96. The summed E-state index contributed by atoms with van der Waals surface area (Å²) in [5.41, 5.74) is -0.316. The van der Waals surface area contributed by atoms with Crippen LogP contribution in [0.25, 0.3) is 0 Å². The fourth-order valence-electron chi connectivity index (χ4n) is 0.645. The molecule has 0 fully saturated rings. The van der Waals surface area contributed by atoms with Gasteiger partial charge in [0.05, 0.1) is 5.02 Å². The van der Waals surface area contributed by atoms with E-state index >= 15 is 0 Å². The Morgan fingerprint density at radius 3 is 2.50 bits per heavy atom. The molecule has 1 heterocycles. The molecule has 0 saturated heterocycles. The van der Waals surface area contributed by atoms with Crippen LogP contribution in [0.5, 0.6) is 0 Å². The Bertz CT molecular complexity index is 306. The van der Waals surface area contributed by atoms with Crippen LogP contribution in [-0.2, 0) is 0 Å². The minimum absolute atomic E-state index is 0.0124. The van der Waals surface area contributed by atoms with E-state index in [1.54, 1.807) is 0 Å². The zero-order valence-corrected chi connectivity index (χ0v) is 8.59. The number of aromatic nitrogens is 1. The van der Waals surface area contributed by atoms with Crippen LogP contribution >= 0.6 is 39.1 Å². The van der Waals surface area contributed by atoms with Gasteiger partial charge in [-0.3, -0.25) is 0 Å². The van der Waals surface area contributed by atoms with Crippen molar-refractivity contribution in [2.45, 2.75) is 6.43 Å². The van der Waals surface area contributed by atoms with Gasteiger partial charge in [0.25, 0.3) is 6.43 Å². The molecule has 0 aliphatic heterocycles. The van der Waals surface area contributed by atoms with Gasteiger partial charge in [-0.05, 0) is 22.0 Å². The van der Waals surface area contributed by atoms with E-state index in [9.17, 15) is 8.78 Å². The quantitative estimate of drug-likeness (QED) is 0.704. The molecule has 0 aliphatic rings. The molecule has 0 spiro atoms. The van der Waals surface area contributed by atoms with Gasteiger partial charge in [0.15, 0.2) is 0 Å². The summed E-state index contributed by atoms with van der Waals surface area (Å²) in [6.07, 6.45) is -2.64. The van der Waals surface area contributed by atoms with Crippen molar-refractivity contribution < 1.29 is 8.78 Å². The van der Waals surface area contributed by atoms with Crippen LogP contribution in [-0.4, -0.2) is 4.98 Å². The fraction of sp³-hybridized carbons (Fsp3) is 0.167. The molecule has 0 aliphatic carbocycles. The highest BCUT2D eigenvalue weighted by molar-refractivity contribution is 9.10. The Morgan fingerprint density at radius 2 is 2.00 bits per heavy atom. The third kappa shape index (κ3) is 2.06. The molecule has 0 N–H and O–H groups in total. The monoisotopic (exact) mass is 275 g/mol. The molecule has 12 heavy (non-hydrogen) atoms. The molecule has 0 aromatic carbocycles. The Hall–Kier alpha value is 0.0700. The summed E-state index contributed by atoms with van der Waals surface area (Å²) >= 11 is 13.8. The lowest BCUT2D eigenvalue weighted by molar-refractivity contribution is 0.151. The second-order valence-electron chi connectivity index (χ2n) is 1.94. The topological polar surface area (TPSA) is 12.9 Å². The molecule has 1 aromatic rings. The number of rotatable bonds is 1. The van der Waals surface area contributed by atoms with Crippen molar-refractivity contribution in [1.29, 1.82) is 0 Å². The zero-order chi connectivity index (χ0) is 9.30. The van der Waals surface area contributed by atoms with Crippen molar-refractivity contribution in [2.24, 2.45) is 0 Å². The van der Waals surface area contributed by atoms with E-state index < -0.39 is 6.43 Å². The maximum atomic E-state index is 12.2. The van der Waals surface area contributed by atoms with Gasteiger partial charge in [0, 0.05) is 5.56 Å². The molecule has 0 atom stereocenters. The van der Waals surface area contributed by atoms with Gasteiger partial charge < -0.3 is 0 Å². The third-order valence-corrected chi connectivity index (χ3v) is 2.54. The van der Waals surface area contributed by atoms with Gasteiger partial charge in [-0.1, -0.05) is 23.2 Å². The zero-order valence-electron chi connectivity index (χ0n) is 5.49. The fourth-order valence-corrected chi connectivity index (χ4v) is 1.55. The van der Waals surface area contributed by atoms with Crippen LogP contribution in [0.1, 0.15) is 12.0 Å². The highest BCUT2D eigenvalue weighted by atomic mass is 79.9. The Labute approximate surface area is 85.8 Å². The van der Waals surface area contributed by atoms with E-state index in [-0.39, 0.29) is 20.3 Å². The van der Waals surface area contributed by atoms with Crippen LogP contribution in [0.3, 0.4) is 0 Å². The van der Waals surface area contributed by atoms with Gasteiger partial charge in [-0.2, -0.15) is 0 Å². The molecule has 0 unspecified atom stereocenters. The maximum Gasteiger partial charge on any atom is 0.265 e. The molecule has 6 heteroatoms. The highest BCUT2D eigenvalue weighted by Crippen LogP contribution is 2.33. The first kappa shape index (κ1) is 10.2. The van der Waals surface area contributed by atoms with Crippen molar-refractivity contribution in [3.63, 3.8) is 0 Å². The Morgan fingerprint density at radius 1 is 1.42 bits per heavy atom. The molecule has 1 nitrogen and oxygen atoms in total. The van der Waals surface area contributed by atoms with E-state index in [0.717, 1.165) is 6.07 Å². The third-order valence-electron chi connectivity index (χ3n) is 1.15. The van der Waals surface area contributed by atoms with Gasteiger partial charge >= 0.3 is 0 Å². The van der Waals surface area contributed by atoms with E-state index in [4.69, 9.17) is 23.2 Å². The first-order valence-electron chi connectivity index (χ1n) is 2.82. The molecular weight excluding hydrogens is 275 g/mol. The number of nitrogens with zero attached hydrogens (tertiary/aromatic N) is 1. The molecule has 0 amide bonds. The first-order valence-corrected chi connectivity index (χ1v) is 4.37. The predicted octanol–water partition coefficient (Wildman–Crippen LogP) is 4.09. The minimum atomic E-state index is -2.64. The molecule has 0 saturated carbocycles. The van der Waals surface area contributed by atoms with Crippen molar-refractivity contribution in [3.8, 4) is 0 Å². The predicted molar refractivity (Wildman–Crippen MR) is 46.9 cm³/mol. The Balaban J connectivity index is 3.28. The largest absolute Gasteiger partial charge is 0.265 e. The molecular formula is C6H2BrCl2F2N. The summed E-state index contributed by atoms with van der Waals surface area (Å²) in [5.74, 6) is 0. The molecule has 1 aromatic heterocycles. The van der Waals surface area contributed by atoms with Crippen LogP contribution in [0.4, 0.5) is 8.78 Å². The minimum Gasteiger partial charge on any atom is -0.228 e. The average molecular weight is 277 g/mol. The lowest BCUT2D eigenvalue weighted by atomic mass is 10.3. The van der Waals surface area contributed by atoms with Crippen LogP contribution < -0.4 is 0 Å². The van der Waals surface area contributed by atoms with Crippen molar-refractivity contribution in [3.05, 3.63) is 26.4 Å². The standard InChI is InChI=1S/C6H2BrCl2F2N/c7-5-4(9)2(6(10)11)1-3(8)12-5/h1,6H. The van der Waals surface area contributed by atoms with E-state index in [2.05, 4.69) is 20.9 Å². The van der Waals surface area contributed by atoms with Crippen molar-refractivity contribution in [2.75, 3.05) is 0 Å². The van der Waals surface area contributed by atoms with E-state index in [0.29, 0.717) is 0 Å². The second kappa shape index (κ2) is 3.85. The highest BCUT2D eigenvalue weighted by Gasteiger charge is 2.15. The van der Waals surface area contributed by atoms with Gasteiger partial charge in [0.2, 0.25) is 0 Å². The van der Waals surface area contributed by atoms with Gasteiger partial charge in [-0.15, -0.1) is 0 Å². The number of hydrogen-bond acceptors (Lipinski definition) is 1. The SMILES string of the molecule is FC(F)c1cc(Cl)nc(Br)c1Cl. The van der Waals surface area contributed by atoms with Gasteiger partial charge in [-0.25, -0.2) is 13.8 Å². The summed E-state index contributed by atoms with van der Waals surface area (Å²) in [4.78, 5) is 3.63. The number of halogens is 5. The summed E-state index contributed by atoms with van der Waals surface area (Å²) < 4.78 is 24.5. The lowest BCUT2D eigenvalue weighted by Crippen LogP contribution is -1.90. The summed E-state index contributed by atoms with van der Waals surface area (Å²) in [6, 6.07) is 1.04. The molecule has 0 bridgehead atoms.